The van der Waals surface area contributed by atoms with Crippen LogP contribution in [0, 0.1) is 0 Å². The molecule has 0 spiro atoms. The first-order chi connectivity index (χ1) is 10.3. The maximum absolute atomic E-state index is 12.6. The molecule has 1 atom stereocenters. The summed E-state index contributed by atoms with van der Waals surface area (Å²) in [6, 6.07) is 10.7. The molecule has 3 heteroatoms. The van der Waals surface area contributed by atoms with Crippen LogP contribution in [0.2, 0.25) is 0 Å². The van der Waals surface area contributed by atoms with E-state index in [4.69, 9.17) is 0 Å². The fraction of sp³-hybridized carbons (Fsp3) is 0.389. The van der Waals surface area contributed by atoms with E-state index in [0.29, 0.717) is 0 Å². The van der Waals surface area contributed by atoms with Gasteiger partial charge in [-0.25, -0.2) is 0 Å². The molecule has 2 N–H and O–H groups in total. The van der Waals surface area contributed by atoms with E-state index in [1.807, 2.05) is 6.07 Å². The molecule has 1 amide bonds. The van der Waals surface area contributed by atoms with E-state index < -0.39 is 0 Å². The van der Waals surface area contributed by atoms with Crippen LogP contribution >= 0.6 is 0 Å². The van der Waals surface area contributed by atoms with Gasteiger partial charge in [-0.15, -0.1) is 0 Å². The molecule has 1 aliphatic carbocycles. The molecule has 0 radical (unpaired) electrons. The van der Waals surface area contributed by atoms with E-state index in [1.54, 1.807) is 0 Å². The Kier molecular flexibility index (Phi) is 3.15. The molecule has 21 heavy (non-hydrogen) atoms. The Labute approximate surface area is 124 Å². The van der Waals surface area contributed by atoms with Crippen molar-refractivity contribution in [1.29, 1.82) is 0 Å². The molecule has 0 bridgehead atoms. The summed E-state index contributed by atoms with van der Waals surface area (Å²) in [6.07, 6.45) is 4.41. The van der Waals surface area contributed by atoms with Crippen LogP contribution in [0.1, 0.15) is 34.3 Å². The van der Waals surface area contributed by atoms with E-state index in [1.165, 1.54) is 16.5 Å². The number of aryl methyl sites for hydroxylation is 2. The van der Waals surface area contributed by atoms with Crippen molar-refractivity contribution in [3.8, 4) is 0 Å². The fourth-order valence-corrected chi connectivity index (χ4v) is 3.68. The van der Waals surface area contributed by atoms with Crippen molar-refractivity contribution in [2.75, 3.05) is 13.1 Å². The molecule has 1 fully saturated rings. The van der Waals surface area contributed by atoms with Gasteiger partial charge >= 0.3 is 0 Å². The topological polar surface area (TPSA) is 41.1 Å². The molecule has 0 unspecified atom stereocenters. The van der Waals surface area contributed by atoms with Crippen LogP contribution in [0.15, 0.2) is 30.3 Å². The van der Waals surface area contributed by atoms with Gasteiger partial charge in [-0.05, 0) is 60.2 Å². The SMILES string of the molecule is O=C(N[C@H]1CCCNC1)c1ccc2c3c(cccc13)CC2. The zero-order valence-corrected chi connectivity index (χ0v) is 12.1. The lowest BCUT2D eigenvalue weighted by molar-refractivity contribution is 0.0932. The molecule has 0 saturated carbocycles. The number of benzene rings is 2. The van der Waals surface area contributed by atoms with Gasteiger partial charge in [0.05, 0.1) is 0 Å². The summed E-state index contributed by atoms with van der Waals surface area (Å²) >= 11 is 0. The number of hydrogen-bond acceptors (Lipinski definition) is 2. The third-order valence-corrected chi connectivity index (χ3v) is 4.75. The Hall–Kier alpha value is -1.87. The second-order valence-corrected chi connectivity index (χ2v) is 6.13. The maximum atomic E-state index is 12.6. The van der Waals surface area contributed by atoms with E-state index in [0.717, 1.165) is 49.7 Å². The van der Waals surface area contributed by atoms with Crippen molar-refractivity contribution < 1.29 is 4.79 Å². The predicted octanol–water partition coefficient (Wildman–Crippen LogP) is 2.42. The number of piperidine rings is 1. The van der Waals surface area contributed by atoms with Gasteiger partial charge in [-0.2, -0.15) is 0 Å². The van der Waals surface area contributed by atoms with Crippen LogP contribution in [0.5, 0.6) is 0 Å². The highest BCUT2D eigenvalue weighted by molar-refractivity contribution is 6.09. The van der Waals surface area contributed by atoms with E-state index in [2.05, 4.69) is 34.9 Å². The summed E-state index contributed by atoms with van der Waals surface area (Å²) in [5.74, 6) is 0.0688. The van der Waals surface area contributed by atoms with Gasteiger partial charge < -0.3 is 10.6 Å². The van der Waals surface area contributed by atoms with Crippen LogP contribution < -0.4 is 10.6 Å². The van der Waals surface area contributed by atoms with Crippen LogP contribution in [-0.4, -0.2) is 25.0 Å². The van der Waals surface area contributed by atoms with Crippen LogP contribution in [0.25, 0.3) is 10.8 Å². The van der Waals surface area contributed by atoms with Gasteiger partial charge in [-0.1, -0.05) is 24.3 Å². The summed E-state index contributed by atoms with van der Waals surface area (Å²) in [6.45, 7) is 1.94. The lowest BCUT2D eigenvalue weighted by Crippen LogP contribution is -2.45. The second-order valence-electron chi connectivity index (χ2n) is 6.13. The number of hydrogen-bond donors (Lipinski definition) is 2. The molecule has 1 aliphatic heterocycles. The highest BCUT2D eigenvalue weighted by Crippen LogP contribution is 2.32. The van der Waals surface area contributed by atoms with Gasteiger partial charge in [0.2, 0.25) is 0 Å². The Morgan fingerprint density at radius 3 is 2.81 bits per heavy atom. The van der Waals surface area contributed by atoms with Crippen molar-refractivity contribution in [2.24, 2.45) is 0 Å². The Morgan fingerprint density at radius 1 is 1.14 bits per heavy atom. The van der Waals surface area contributed by atoms with Crippen molar-refractivity contribution in [1.82, 2.24) is 10.6 Å². The second kappa shape index (κ2) is 5.15. The highest BCUT2D eigenvalue weighted by atomic mass is 16.1. The normalized spacial score (nSPS) is 20.7. The third-order valence-electron chi connectivity index (χ3n) is 4.75. The zero-order valence-electron chi connectivity index (χ0n) is 12.1. The zero-order chi connectivity index (χ0) is 14.2. The number of carbonyl (C=O) groups is 1. The minimum atomic E-state index is 0.0688. The van der Waals surface area contributed by atoms with Gasteiger partial charge in [-0.3, -0.25) is 4.79 Å². The highest BCUT2D eigenvalue weighted by Gasteiger charge is 2.21. The largest absolute Gasteiger partial charge is 0.348 e. The molecule has 108 valence electrons. The standard InChI is InChI=1S/C18H20N2O/c21-18(20-14-4-2-10-19-11-14)16-9-8-13-7-6-12-3-1-5-15(16)17(12)13/h1,3,5,8-9,14,19H,2,4,6-7,10-11H2,(H,20,21)/t14-/m0/s1. The lowest BCUT2D eigenvalue weighted by Gasteiger charge is -2.24. The van der Waals surface area contributed by atoms with Crippen LogP contribution in [-0.2, 0) is 12.8 Å². The molecule has 3 nitrogen and oxygen atoms in total. The molecule has 1 heterocycles. The average molecular weight is 280 g/mol. The van der Waals surface area contributed by atoms with Gasteiger partial charge in [0, 0.05) is 18.2 Å². The van der Waals surface area contributed by atoms with Crippen molar-refractivity contribution in [3.05, 3.63) is 47.0 Å². The average Bonchev–Trinajstić information content (AvgIpc) is 2.94. The van der Waals surface area contributed by atoms with E-state index >= 15 is 0 Å². The first kappa shape index (κ1) is 12.8. The Morgan fingerprint density at radius 2 is 2.00 bits per heavy atom. The molecular formula is C18H20N2O. The molecular weight excluding hydrogens is 260 g/mol. The number of amides is 1. The Balaban J connectivity index is 1.69. The molecule has 2 aliphatic rings. The van der Waals surface area contributed by atoms with E-state index in [9.17, 15) is 4.79 Å². The quantitative estimate of drug-likeness (QED) is 0.887. The molecule has 1 saturated heterocycles. The van der Waals surface area contributed by atoms with Crippen molar-refractivity contribution in [3.63, 3.8) is 0 Å². The fourth-order valence-electron chi connectivity index (χ4n) is 3.68. The van der Waals surface area contributed by atoms with Crippen molar-refractivity contribution in [2.45, 2.75) is 31.7 Å². The van der Waals surface area contributed by atoms with Gasteiger partial charge in [0.15, 0.2) is 0 Å². The first-order valence-corrected chi connectivity index (χ1v) is 7.88. The summed E-state index contributed by atoms with van der Waals surface area (Å²) in [5, 5.41) is 8.95. The third kappa shape index (κ3) is 2.22. The Bertz CT molecular complexity index is 691. The van der Waals surface area contributed by atoms with Crippen LogP contribution in [0.4, 0.5) is 0 Å². The lowest BCUT2D eigenvalue weighted by atomic mass is 9.99. The van der Waals surface area contributed by atoms with Crippen molar-refractivity contribution >= 4 is 16.7 Å². The smallest absolute Gasteiger partial charge is 0.252 e. The minimum absolute atomic E-state index is 0.0688. The van der Waals surface area contributed by atoms with Gasteiger partial charge in [0.25, 0.3) is 5.91 Å². The maximum Gasteiger partial charge on any atom is 0.252 e. The monoisotopic (exact) mass is 280 g/mol. The number of nitrogens with one attached hydrogen (secondary N) is 2. The first-order valence-electron chi connectivity index (χ1n) is 7.88. The van der Waals surface area contributed by atoms with E-state index in [-0.39, 0.29) is 11.9 Å². The summed E-state index contributed by atoms with van der Waals surface area (Å²) in [5.41, 5.74) is 3.59. The summed E-state index contributed by atoms with van der Waals surface area (Å²) in [4.78, 5) is 12.6. The van der Waals surface area contributed by atoms with Crippen LogP contribution in [0.3, 0.4) is 0 Å². The molecule has 4 rings (SSSR count). The summed E-state index contributed by atoms with van der Waals surface area (Å²) in [7, 11) is 0. The molecule has 2 aromatic rings. The summed E-state index contributed by atoms with van der Waals surface area (Å²) < 4.78 is 0. The predicted molar refractivity (Wildman–Crippen MR) is 84.7 cm³/mol. The molecule has 0 aromatic heterocycles. The minimum Gasteiger partial charge on any atom is -0.348 e. The number of carbonyl (C=O) groups excluding carboxylic acids is 1. The number of rotatable bonds is 2. The molecule has 2 aromatic carbocycles. The van der Waals surface area contributed by atoms with Gasteiger partial charge in [0.1, 0.15) is 0 Å².